The highest BCUT2D eigenvalue weighted by molar-refractivity contribution is 7.42. The van der Waals surface area contributed by atoms with Crippen molar-refractivity contribution in [1.29, 1.82) is 0 Å². The van der Waals surface area contributed by atoms with Gasteiger partial charge in [0.25, 0.3) is 0 Å². The monoisotopic (exact) mass is 129 g/mol. The van der Waals surface area contributed by atoms with E-state index in [1.54, 1.807) is 0 Å². The van der Waals surface area contributed by atoms with Crippen molar-refractivity contribution in [2.75, 3.05) is 0 Å². The quantitative estimate of drug-likeness (QED) is 0.357. The van der Waals surface area contributed by atoms with Gasteiger partial charge in [0.15, 0.2) is 0 Å². The highest BCUT2D eigenvalue weighted by Crippen LogP contribution is 2.11. The molecule has 0 aromatic rings. The maximum Gasteiger partial charge on any atom is 2.00 e. The largest absolute Gasteiger partial charge is 2.00 e. The van der Waals surface area contributed by atoms with Crippen LogP contribution in [-0.4, -0.2) is 4.89 Å². The van der Waals surface area contributed by atoms with Crippen LogP contribution in [0.2, 0.25) is 0 Å². The summed E-state index contributed by atoms with van der Waals surface area (Å²) in [7, 11) is -5.14. The van der Waals surface area contributed by atoms with E-state index in [0.717, 1.165) is 0 Å². The van der Waals surface area contributed by atoms with Gasteiger partial charge >= 0.3 is 5.48 Å². The van der Waals surface area contributed by atoms with E-state index in [4.69, 9.17) is 19.2 Å². The van der Waals surface area contributed by atoms with Crippen LogP contribution in [0.25, 0.3) is 0 Å². The fourth-order valence-electron chi connectivity index (χ4n) is 0. The van der Waals surface area contributed by atoms with E-state index in [9.17, 15) is 0 Å². The molecule has 7 heavy (non-hydrogen) atoms. The Bertz CT molecular complexity index is 54.2. The highest BCUT2D eigenvalue weighted by Gasteiger charge is 2.00. The maximum absolute atomic E-state index is 8.66. The summed E-state index contributed by atoms with van der Waals surface area (Å²) in [4.78, 5) is 24.3. The predicted octanol–water partition coefficient (Wildman–Crippen LogP) is -2.15. The van der Waals surface area contributed by atoms with E-state index in [1.165, 1.54) is 0 Å². The fraction of sp³-hybridized carbons (Fsp3) is 0. The molecular weight excluding hydrogens is 125 g/mol. The molecule has 0 saturated carbocycles. The van der Waals surface area contributed by atoms with Gasteiger partial charge in [-0.25, -0.2) is 0 Å². The molecule has 0 aliphatic heterocycles. The first-order valence-electron chi connectivity index (χ1n) is 0.748. The molecule has 0 fully saturated rings. The zero-order valence-electron chi connectivity index (χ0n) is 3.23. The molecular formula is H4NO5P. The zero-order chi connectivity index (χ0) is 4.50. The summed E-state index contributed by atoms with van der Waals surface area (Å²) >= 11 is 0. The standard InChI is InChI=1S/H3N.H3O4P.O/c;1-5(2,3)4;/h1H3;(H3,1,2,3,4);/q;;+2/p-2. The topological polar surface area (TPSA) is 147 Å². The minimum absolute atomic E-state index is 0. The molecule has 7 heteroatoms. The van der Waals surface area contributed by atoms with Crippen molar-refractivity contribution in [3.05, 3.63) is 0 Å². The van der Waals surface area contributed by atoms with E-state index in [-0.39, 0.29) is 11.6 Å². The Labute approximate surface area is 39.9 Å². The van der Waals surface area contributed by atoms with Crippen LogP contribution < -0.4 is 15.9 Å². The van der Waals surface area contributed by atoms with E-state index in [2.05, 4.69) is 0 Å². The van der Waals surface area contributed by atoms with Crippen molar-refractivity contribution < 1.29 is 24.7 Å². The second-order valence-corrected chi connectivity index (χ2v) is 1.41. The lowest BCUT2D eigenvalue weighted by Crippen LogP contribution is -2.11. The van der Waals surface area contributed by atoms with Crippen LogP contribution >= 0.6 is 7.82 Å². The molecule has 0 unspecified atom stereocenters. The first-order valence-corrected chi connectivity index (χ1v) is 2.24. The molecule has 0 heterocycles. The van der Waals surface area contributed by atoms with Crippen LogP contribution in [0.4, 0.5) is 0 Å². The Balaban J connectivity index is -0.0000000800. The molecule has 0 aromatic heterocycles. The first-order chi connectivity index (χ1) is 2.00. The van der Waals surface area contributed by atoms with E-state index < -0.39 is 7.82 Å². The number of phosphoric acid groups is 1. The number of hydrogen-bond donors (Lipinski definition) is 2. The lowest BCUT2D eigenvalue weighted by Gasteiger charge is -2.19. The molecule has 0 bridgehead atoms. The molecule has 0 aliphatic carbocycles. The van der Waals surface area contributed by atoms with Gasteiger partial charge in [0.2, 0.25) is 0 Å². The summed E-state index contributed by atoms with van der Waals surface area (Å²) in [5, 5.41) is 0. The van der Waals surface area contributed by atoms with Crippen molar-refractivity contribution in [1.82, 2.24) is 6.15 Å². The van der Waals surface area contributed by atoms with Gasteiger partial charge < -0.3 is 25.4 Å². The molecule has 0 rings (SSSR count). The Morgan fingerprint density at radius 1 is 1.43 bits per heavy atom. The Hall–Kier alpha value is 0.0300. The van der Waals surface area contributed by atoms with Crippen LogP contribution in [0, 0.1) is 0 Å². The van der Waals surface area contributed by atoms with Crippen LogP contribution in [0.5, 0.6) is 0 Å². The minimum atomic E-state index is -5.14. The molecule has 4 radical (unpaired) electrons. The third-order valence-electron chi connectivity index (χ3n) is 0. The lowest BCUT2D eigenvalue weighted by molar-refractivity contribution is -0.337. The van der Waals surface area contributed by atoms with Crippen molar-refractivity contribution >= 4 is 7.82 Å². The van der Waals surface area contributed by atoms with Crippen LogP contribution in [-0.2, 0) is 10.0 Å². The summed E-state index contributed by atoms with van der Waals surface area (Å²) in [5.74, 6) is 0. The van der Waals surface area contributed by atoms with Gasteiger partial charge in [-0.15, -0.1) is 0 Å². The second kappa shape index (κ2) is 4.20. The molecule has 0 atom stereocenters. The normalized spacial score (nSPS) is 8.43. The Morgan fingerprint density at radius 3 is 1.43 bits per heavy atom. The molecule has 0 aromatic carbocycles. The van der Waals surface area contributed by atoms with Crippen molar-refractivity contribution in [2.45, 2.75) is 0 Å². The molecule has 44 valence electrons. The number of rotatable bonds is 0. The summed E-state index contributed by atoms with van der Waals surface area (Å²) in [6.07, 6.45) is 0. The van der Waals surface area contributed by atoms with Gasteiger partial charge in [-0.1, -0.05) is 0 Å². The molecule has 4 N–H and O–H groups in total. The summed E-state index contributed by atoms with van der Waals surface area (Å²) in [5.41, 5.74) is 0. The summed E-state index contributed by atoms with van der Waals surface area (Å²) in [6, 6.07) is 0. The van der Waals surface area contributed by atoms with Crippen LogP contribution in [0.1, 0.15) is 0 Å². The third kappa shape index (κ3) is 109000. The summed E-state index contributed by atoms with van der Waals surface area (Å²) < 4.78 is 8.66. The average molecular weight is 129 g/mol. The SMILES string of the molecule is N.O=P([O-])([O-])O.[O+2]. The lowest BCUT2D eigenvalue weighted by atomic mass is 14.0. The third-order valence-corrected chi connectivity index (χ3v) is 0. The first kappa shape index (κ1) is 15.7. The van der Waals surface area contributed by atoms with Gasteiger partial charge in [0, 0.05) is 0 Å². The van der Waals surface area contributed by atoms with Gasteiger partial charge in [-0.3, -0.25) is 0 Å². The Kier molecular flexibility index (Phi) is 9.43. The van der Waals surface area contributed by atoms with Crippen molar-refractivity contribution in [3.63, 3.8) is 0 Å². The molecule has 0 spiro atoms. The van der Waals surface area contributed by atoms with E-state index in [1.807, 2.05) is 0 Å². The van der Waals surface area contributed by atoms with Gasteiger partial charge in [0.1, 0.15) is 0 Å². The fourth-order valence-corrected chi connectivity index (χ4v) is 0. The van der Waals surface area contributed by atoms with Crippen molar-refractivity contribution in [2.24, 2.45) is 0 Å². The van der Waals surface area contributed by atoms with Gasteiger partial charge in [0.05, 0.1) is 7.82 Å². The zero-order valence-corrected chi connectivity index (χ0v) is 4.13. The molecule has 0 saturated heterocycles. The van der Waals surface area contributed by atoms with Crippen LogP contribution in [0.3, 0.4) is 0 Å². The van der Waals surface area contributed by atoms with Crippen LogP contribution in [0.15, 0.2) is 0 Å². The molecule has 6 nitrogen and oxygen atoms in total. The van der Waals surface area contributed by atoms with E-state index >= 15 is 0 Å². The number of hydrogen-bond acceptors (Lipinski definition) is 4. The second-order valence-electron chi connectivity index (χ2n) is 0.469. The highest BCUT2D eigenvalue weighted by atomic mass is 31.2. The Morgan fingerprint density at radius 2 is 1.43 bits per heavy atom. The van der Waals surface area contributed by atoms with Gasteiger partial charge in [-0.05, 0) is 0 Å². The predicted molar refractivity (Wildman–Crippen MR) is 15.5 cm³/mol. The summed E-state index contributed by atoms with van der Waals surface area (Å²) in [6.45, 7) is 0. The minimum Gasteiger partial charge on any atom is -0.790 e. The van der Waals surface area contributed by atoms with Crippen molar-refractivity contribution in [3.8, 4) is 0 Å². The average Bonchev–Trinajstić information content (AvgIpc) is 0.722. The van der Waals surface area contributed by atoms with E-state index in [0.29, 0.717) is 0 Å². The maximum atomic E-state index is 8.66. The molecule has 0 aliphatic rings. The van der Waals surface area contributed by atoms with Gasteiger partial charge in [-0.2, -0.15) is 0 Å². The smallest absolute Gasteiger partial charge is 0.790 e. The molecule has 0 amide bonds.